The lowest BCUT2D eigenvalue weighted by molar-refractivity contribution is 0.178. The summed E-state index contributed by atoms with van der Waals surface area (Å²) in [5, 5.41) is 4.52. The number of hydrogen-bond acceptors (Lipinski definition) is 7. The van der Waals surface area contributed by atoms with Gasteiger partial charge in [-0.2, -0.15) is 4.31 Å². The average molecular weight is 511 g/mol. The van der Waals surface area contributed by atoms with Crippen LogP contribution in [0.1, 0.15) is 28.9 Å². The molecule has 0 saturated carbocycles. The van der Waals surface area contributed by atoms with E-state index in [1.807, 2.05) is 57.2 Å². The molecule has 2 aromatic carbocycles. The second-order valence-corrected chi connectivity index (χ2v) is 11.9. The molecule has 194 valence electrons. The number of rotatable bonds is 9. The van der Waals surface area contributed by atoms with Crippen molar-refractivity contribution >= 4 is 26.7 Å². The molecule has 0 atom stereocenters. The van der Waals surface area contributed by atoms with Gasteiger partial charge in [0, 0.05) is 38.1 Å². The van der Waals surface area contributed by atoms with Crippen molar-refractivity contribution in [1.29, 1.82) is 0 Å². The Hall–Kier alpha value is -2.59. The summed E-state index contributed by atoms with van der Waals surface area (Å²) in [5.74, 6) is 1.62. The van der Waals surface area contributed by atoms with E-state index in [-0.39, 0.29) is 0 Å². The summed E-state index contributed by atoms with van der Waals surface area (Å²) >= 11 is 0. The number of para-hydroxylation sites is 1. The fourth-order valence-corrected chi connectivity index (χ4v) is 6.80. The first kappa shape index (κ1) is 26.5. The molecule has 1 fully saturated rings. The molecule has 0 unspecified atom stereocenters. The van der Waals surface area contributed by atoms with Gasteiger partial charge in [-0.1, -0.05) is 29.8 Å². The minimum atomic E-state index is -3.53. The molecule has 1 saturated heterocycles. The Balaban J connectivity index is 1.44. The quantitative estimate of drug-likeness (QED) is 0.442. The first-order valence-electron chi connectivity index (χ1n) is 12.6. The van der Waals surface area contributed by atoms with Crippen LogP contribution in [-0.4, -0.2) is 85.9 Å². The van der Waals surface area contributed by atoms with Crippen molar-refractivity contribution in [2.75, 3.05) is 58.7 Å². The molecule has 0 aliphatic carbocycles. The summed E-state index contributed by atoms with van der Waals surface area (Å²) in [6, 6.07) is 12.0. The van der Waals surface area contributed by atoms with Gasteiger partial charge in [-0.3, -0.25) is 4.90 Å². The topological polar surface area (TPSA) is 81.7 Å². The van der Waals surface area contributed by atoms with Crippen molar-refractivity contribution in [3.05, 3.63) is 58.9 Å². The molecule has 8 nitrogen and oxygen atoms in total. The van der Waals surface area contributed by atoms with E-state index in [2.05, 4.69) is 29.2 Å². The van der Waals surface area contributed by atoms with Gasteiger partial charge in [0.25, 0.3) is 0 Å². The van der Waals surface area contributed by atoms with E-state index in [0.29, 0.717) is 37.6 Å². The lowest BCUT2D eigenvalue weighted by atomic mass is 10.1. The monoisotopic (exact) mass is 510 g/mol. The van der Waals surface area contributed by atoms with Gasteiger partial charge >= 0.3 is 0 Å². The average Bonchev–Trinajstić information content (AvgIpc) is 2.81. The van der Waals surface area contributed by atoms with Crippen LogP contribution in [0.5, 0.6) is 0 Å². The smallest absolute Gasteiger partial charge is 0.243 e. The second kappa shape index (κ2) is 11.2. The number of hydrogen-bond donors (Lipinski definition) is 1. The number of benzene rings is 2. The highest BCUT2D eigenvalue weighted by Crippen LogP contribution is 2.26. The Kier molecular flexibility index (Phi) is 8.24. The molecule has 0 radical (unpaired) electrons. The number of nitrogens with one attached hydrogen (secondary N) is 1. The number of anilines is 1. The zero-order valence-corrected chi connectivity index (χ0v) is 22.9. The molecule has 1 aromatic heterocycles. The molecule has 0 bridgehead atoms. The van der Waals surface area contributed by atoms with E-state index < -0.39 is 10.0 Å². The Morgan fingerprint density at radius 1 is 0.972 bits per heavy atom. The summed E-state index contributed by atoms with van der Waals surface area (Å²) < 4.78 is 28.5. The summed E-state index contributed by atoms with van der Waals surface area (Å²) in [6.07, 6.45) is 1.02. The van der Waals surface area contributed by atoms with Gasteiger partial charge in [0.05, 0.1) is 17.0 Å². The molecular formula is C27H38N6O2S. The van der Waals surface area contributed by atoms with E-state index in [1.165, 1.54) is 0 Å². The minimum absolute atomic E-state index is 0.449. The maximum absolute atomic E-state index is 13.4. The highest BCUT2D eigenvalue weighted by atomic mass is 32.2. The Bertz CT molecular complexity index is 1290. The largest absolute Gasteiger partial charge is 0.369 e. The zero-order chi connectivity index (χ0) is 25.9. The van der Waals surface area contributed by atoms with Crippen LogP contribution in [-0.2, 0) is 16.6 Å². The number of aromatic nitrogens is 2. The maximum atomic E-state index is 13.4. The number of nitrogens with zero attached hydrogens (tertiary/aromatic N) is 5. The van der Waals surface area contributed by atoms with E-state index in [0.717, 1.165) is 58.7 Å². The van der Waals surface area contributed by atoms with Crippen LogP contribution in [0.15, 0.2) is 41.3 Å². The Morgan fingerprint density at radius 2 is 1.64 bits per heavy atom. The molecule has 2 heterocycles. The Labute approximate surface area is 215 Å². The molecule has 4 rings (SSSR count). The van der Waals surface area contributed by atoms with Gasteiger partial charge in [0.1, 0.15) is 11.6 Å². The van der Waals surface area contributed by atoms with Gasteiger partial charge in [0.15, 0.2) is 0 Å². The fraction of sp³-hybridized carbons (Fsp3) is 0.481. The number of aryl methyl sites for hydroxylation is 3. The SMILES string of the molecule is Cc1cc(C)c(S(=O)(=O)N2CCN(Cc3nc(NCCCN(C)C)c4ccccc4n3)CC2)c(C)c1. The summed E-state index contributed by atoms with van der Waals surface area (Å²) in [4.78, 5) is 14.5. The molecule has 0 spiro atoms. The van der Waals surface area contributed by atoms with Gasteiger partial charge in [-0.25, -0.2) is 18.4 Å². The van der Waals surface area contributed by atoms with Gasteiger partial charge in [-0.15, -0.1) is 0 Å². The third-order valence-corrected chi connectivity index (χ3v) is 8.83. The molecule has 3 aromatic rings. The fourth-order valence-electron chi connectivity index (χ4n) is 4.96. The highest BCUT2D eigenvalue weighted by molar-refractivity contribution is 7.89. The van der Waals surface area contributed by atoms with Crippen LogP contribution in [0.3, 0.4) is 0 Å². The molecule has 9 heteroatoms. The molecular weight excluding hydrogens is 472 g/mol. The third kappa shape index (κ3) is 6.03. The van der Waals surface area contributed by atoms with Crippen LogP contribution in [0.2, 0.25) is 0 Å². The van der Waals surface area contributed by atoms with E-state index >= 15 is 0 Å². The highest BCUT2D eigenvalue weighted by Gasteiger charge is 2.31. The predicted octanol–water partition coefficient (Wildman–Crippen LogP) is 3.43. The second-order valence-electron chi connectivity index (χ2n) is 10.00. The summed E-state index contributed by atoms with van der Waals surface area (Å²) in [6.45, 7) is 10.4. The van der Waals surface area contributed by atoms with Crippen LogP contribution < -0.4 is 5.32 Å². The van der Waals surface area contributed by atoms with E-state index in [4.69, 9.17) is 9.97 Å². The Morgan fingerprint density at radius 3 is 2.31 bits per heavy atom. The van der Waals surface area contributed by atoms with Crippen LogP contribution in [0, 0.1) is 20.8 Å². The molecule has 1 aliphatic heterocycles. The van der Waals surface area contributed by atoms with Crippen LogP contribution in [0.25, 0.3) is 10.9 Å². The lowest BCUT2D eigenvalue weighted by Crippen LogP contribution is -2.48. The standard InChI is InChI=1S/C27H38N6O2S/c1-20-17-21(2)26(22(3)18-20)36(34,35)33-15-13-32(14-16-33)19-25-29-24-10-7-6-9-23(24)27(30-25)28-11-8-12-31(4)5/h6-7,9-10,17-18H,8,11-16,19H2,1-5H3,(H,28,29,30). The lowest BCUT2D eigenvalue weighted by Gasteiger charge is -2.34. The van der Waals surface area contributed by atoms with Crippen molar-refractivity contribution in [1.82, 2.24) is 24.1 Å². The van der Waals surface area contributed by atoms with Gasteiger partial charge < -0.3 is 10.2 Å². The normalized spacial score (nSPS) is 15.6. The van der Waals surface area contributed by atoms with E-state index in [9.17, 15) is 8.42 Å². The number of fused-ring (bicyclic) bond motifs is 1. The van der Waals surface area contributed by atoms with Gasteiger partial charge in [0.2, 0.25) is 10.0 Å². The molecule has 1 N–H and O–H groups in total. The van der Waals surface area contributed by atoms with Crippen molar-refractivity contribution in [3.8, 4) is 0 Å². The van der Waals surface area contributed by atoms with Crippen molar-refractivity contribution < 1.29 is 8.42 Å². The molecule has 1 aliphatic rings. The van der Waals surface area contributed by atoms with Crippen molar-refractivity contribution in [3.63, 3.8) is 0 Å². The van der Waals surface area contributed by atoms with Crippen LogP contribution >= 0.6 is 0 Å². The van der Waals surface area contributed by atoms with E-state index in [1.54, 1.807) is 4.31 Å². The summed E-state index contributed by atoms with van der Waals surface area (Å²) in [7, 11) is 0.622. The number of sulfonamides is 1. The predicted molar refractivity (Wildman–Crippen MR) is 146 cm³/mol. The first-order chi connectivity index (χ1) is 17.1. The minimum Gasteiger partial charge on any atom is -0.369 e. The van der Waals surface area contributed by atoms with Crippen molar-refractivity contribution in [2.45, 2.75) is 38.6 Å². The summed E-state index contributed by atoms with van der Waals surface area (Å²) in [5.41, 5.74) is 3.62. The zero-order valence-electron chi connectivity index (χ0n) is 22.1. The third-order valence-electron chi connectivity index (χ3n) is 6.62. The maximum Gasteiger partial charge on any atom is 0.243 e. The van der Waals surface area contributed by atoms with Gasteiger partial charge in [-0.05, 0) is 71.1 Å². The molecule has 0 amide bonds. The number of piperazine rings is 1. The first-order valence-corrected chi connectivity index (χ1v) is 14.0. The van der Waals surface area contributed by atoms with Crippen molar-refractivity contribution in [2.24, 2.45) is 0 Å². The van der Waals surface area contributed by atoms with Crippen LogP contribution in [0.4, 0.5) is 5.82 Å². The molecule has 36 heavy (non-hydrogen) atoms.